The number of phenols is 1. The van der Waals surface area contributed by atoms with E-state index in [2.05, 4.69) is 24.0 Å². The quantitative estimate of drug-likeness (QED) is 0.641. The molecule has 1 aromatic rings. The molecule has 118 valence electrons. The second kappa shape index (κ2) is 17.8. The second-order valence-corrected chi connectivity index (χ2v) is 2.73. The first-order chi connectivity index (χ1) is 8.60. The third-order valence-electron chi connectivity index (χ3n) is 1.40. The monoisotopic (exact) mass is 429 g/mol. The molecule has 1 rings (SSSR count). The van der Waals surface area contributed by atoms with Crippen molar-refractivity contribution in [1.29, 1.82) is 0 Å². The molecule has 0 amide bonds. The zero-order valence-electron chi connectivity index (χ0n) is 10.6. The molecular formula is C12H19ErF2NO3-2. The van der Waals surface area contributed by atoms with Crippen LogP contribution in [0.2, 0.25) is 0 Å². The van der Waals surface area contributed by atoms with E-state index in [0.717, 1.165) is 26.1 Å². The van der Waals surface area contributed by atoms with Gasteiger partial charge in [-0.05, 0) is 12.1 Å². The average Bonchev–Trinajstić information content (AvgIpc) is 2.32. The van der Waals surface area contributed by atoms with Gasteiger partial charge in [0.05, 0.1) is 0 Å². The van der Waals surface area contributed by atoms with E-state index >= 15 is 0 Å². The molecule has 0 fully saturated rings. The number of ether oxygens (including phenoxy) is 1. The normalized spacial score (nSPS) is 8.37. The van der Waals surface area contributed by atoms with Gasteiger partial charge in [-0.2, -0.15) is 15.2 Å². The van der Waals surface area contributed by atoms with Gasteiger partial charge in [0.25, 0.3) is 0 Å². The van der Waals surface area contributed by atoms with Crippen molar-refractivity contribution in [3.8, 4) is 11.5 Å². The van der Waals surface area contributed by atoms with Gasteiger partial charge in [-0.15, -0.1) is 0 Å². The van der Waals surface area contributed by atoms with Crippen molar-refractivity contribution in [1.82, 2.24) is 5.32 Å². The molecule has 0 aliphatic heterocycles. The van der Waals surface area contributed by atoms with Crippen LogP contribution in [0.25, 0.3) is 0 Å². The molecule has 0 saturated heterocycles. The number of aliphatic hydroxyl groups is 1. The Balaban J connectivity index is -0.000000275. The first-order valence-electron chi connectivity index (χ1n) is 5.08. The van der Waals surface area contributed by atoms with Crippen molar-refractivity contribution >= 4 is 0 Å². The Morgan fingerprint density at radius 2 is 1.95 bits per heavy atom. The van der Waals surface area contributed by atoms with Crippen LogP contribution in [-0.4, -0.2) is 30.5 Å². The molecule has 0 bridgehead atoms. The van der Waals surface area contributed by atoms with Crippen LogP contribution >= 0.6 is 0 Å². The van der Waals surface area contributed by atoms with E-state index in [1.807, 2.05) is 0 Å². The standard InChI is InChI=1S/C7H6F2O2.C4H9N.CH4O.Er/c8-7(9)11-6-3-1-2-5(10)4-6;1-3-4-5-2;1-2;/h1-4,7,10H;5H,1-4H2;2H,1H3;/q;-2;;. The third kappa shape index (κ3) is 17.8. The van der Waals surface area contributed by atoms with Gasteiger partial charge in [0.1, 0.15) is 11.5 Å². The number of benzene rings is 1. The van der Waals surface area contributed by atoms with Gasteiger partial charge in [0.2, 0.25) is 0 Å². The van der Waals surface area contributed by atoms with Crippen LogP contribution in [-0.2, 0) is 0 Å². The summed E-state index contributed by atoms with van der Waals surface area (Å²) in [6, 6.07) is 5.25. The molecule has 3 N–H and O–H groups in total. The van der Waals surface area contributed by atoms with Crippen LogP contribution in [0.3, 0.4) is 0 Å². The molecule has 0 aliphatic rings. The van der Waals surface area contributed by atoms with E-state index in [9.17, 15) is 8.78 Å². The predicted octanol–water partition coefficient (Wildman–Crippen LogP) is 2.19. The number of alkyl halides is 2. The summed E-state index contributed by atoms with van der Waals surface area (Å²) in [5.74, 6) is -0.136. The van der Waals surface area contributed by atoms with Gasteiger partial charge in [0.15, 0.2) is 0 Å². The van der Waals surface area contributed by atoms with Gasteiger partial charge in [-0.25, -0.2) is 0 Å². The predicted molar refractivity (Wildman–Crippen MR) is 66.2 cm³/mol. The fourth-order valence-corrected chi connectivity index (χ4v) is 0.785. The van der Waals surface area contributed by atoms with Crippen molar-refractivity contribution in [3.05, 3.63) is 38.2 Å². The Kier molecular flexibility index (Phi) is 22.5. The molecule has 0 radical (unpaired) electrons. The molecular weight excluding hydrogens is 411 g/mol. The van der Waals surface area contributed by atoms with Crippen molar-refractivity contribution in [2.24, 2.45) is 0 Å². The van der Waals surface area contributed by atoms with Crippen LogP contribution in [0, 0.1) is 51.3 Å². The summed E-state index contributed by atoms with van der Waals surface area (Å²) in [6.07, 6.45) is 0.920. The Bertz CT molecular complexity index is 289. The fourth-order valence-electron chi connectivity index (χ4n) is 0.785. The maximum atomic E-state index is 11.5. The van der Waals surface area contributed by atoms with Gasteiger partial charge in [0, 0.05) is 50.5 Å². The summed E-state index contributed by atoms with van der Waals surface area (Å²) in [4.78, 5) is 0. The Morgan fingerprint density at radius 3 is 2.26 bits per heavy atom. The second-order valence-electron chi connectivity index (χ2n) is 2.73. The van der Waals surface area contributed by atoms with E-state index in [1.165, 1.54) is 18.2 Å². The van der Waals surface area contributed by atoms with Crippen molar-refractivity contribution in [2.45, 2.75) is 13.0 Å². The van der Waals surface area contributed by atoms with Crippen LogP contribution in [0.15, 0.2) is 24.3 Å². The van der Waals surface area contributed by atoms with Gasteiger partial charge in [-0.3, -0.25) is 7.05 Å². The minimum absolute atomic E-state index is 0. The van der Waals surface area contributed by atoms with E-state index in [4.69, 9.17) is 10.2 Å². The Morgan fingerprint density at radius 1 is 1.37 bits per heavy atom. The van der Waals surface area contributed by atoms with Crippen molar-refractivity contribution < 1.29 is 61.0 Å². The smallest absolute Gasteiger partial charge is 0.387 e. The molecule has 1 aromatic carbocycles. The average molecular weight is 431 g/mol. The summed E-state index contributed by atoms with van der Waals surface area (Å²) in [5, 5.41) is 18.5. The molecule has 0 heterocycles. The molecule has 0 spiro atoms. The largest absolute Gasteiger partial charge is 0.508 e. The molecule has 0 aliphatic carbocycles. The number of phenolic OH excluding ortho intramolecular Hbond substituents is 1. The van der Waals surface area contributed by atoms with Crippen molar-refractivity contribution in [3.63, 3.8) is 0 Å². The molecule has 19 heavy (non-hydrogen) atoms. The molecule has 0 saturated carbocycles. The number of aliphatic hydroxyl groups excluding tert-OH is 1. The van der Waals surface area contributed by atoms with Crippen LogP contribution < -0.4 is 10.1 Å². The molecule has 7 heteroatoms. The summed E-state index contributed by atoms with van der Waals surface area (Å²) >= 11 is 0. The van der Waals surface area contributed by atoms with Gasteiger partial charge < -0.3 is 27.2 Å². The zero-order valence-corrected chi connectivity index (χ0v) is 12.4. The molecule has 0 atom stereocenters. The van der Waals surface area contributed by atoms with Gasteiger partial charge >= 0.3 is 6.61 Å². The number of nitrogens with one attached hydrogen (secondary N) is 1. The summed E-state index contributed by atoms with van der Waals surface area (Å²) in [7, 11) is 4.39. The number of halogens is 2. The first-order valence-corrected chi connectivity index (χ1v) is 5.08. The van der Waals surface area contributed by atoms with E-state index in [-0.39, 0.29) is 48.8 Å². The topological polar surface area (TPSA) is 61.7 Å². The molecule has 4 nitrogen and oxygen atoms in total. The summed E-state index contributed by atoms with van der Waals surface area (Å²) < 4.78 is 27.1. The minimum Gasteiger partial charge on any atom is -0.508 e. The Hall–Kier alpha value is -0.153. The maximum absolute atomic E-state index is 11.5. The number of hydrogen-bond acceptors (Lipinski definition) is 4. The first kappa shape index (κ1) is 23.9. The van der Waals surface area contributed by atoms with E-state index in [1.54, 1.807) is 0 Å². The van der Waals surface area contributed by atoms with Crippen LogP contribution in [0.5, 0.6) is 11.5 Å². The summed E-state index contributed by atoms with van der Waals surface area (Å²) in [5.41, 5.74) is 0. The zero-order chi connectivity index (χ0) is 14.4. The summed E-state index contributed by atoms with van der Waals surface area (Å²) in [6.45, 7) is 1.64. The van der Waals surface area contributed by atoms with Crippen LogP contribution in [0.1, 0.15) is 6.42 Å². The minimum atomic E-state index is -2.85. The SMILES string of the molecule is CO.Oc1cccc(OC(F)F)c1.[CH2-]CCN[CH2-].[Er]. The van der Waals surface area contributed by atoms with Crippen LogP contribution in [0.4, 0.5) is 8.78 Å². The maximum Gasteiger partial charge on any atom is 0.387 e. The fraction of sp³-hybridized carbons (Fsp3) is 0.333. The number of rotatable bonds is 4. The number of hydrogen-bond donors (Lipinski definition) is 3. The Labute approximate surface area is 142 Å². The van der Waals surface area contributed by atoms with E-state index in [0.29, 0.717) is 0 Å². The van der Waals surface area contributed by atoms with Crippen molar-refractivity contribution in [2.75, 3.05) is 13.7 Å². The number of aromatic hydroxyl groups is 1. The third-order valence-corrected chi connectivity index (χ3v) is 1.40. The van der Waals surface area contributed by atoms with E-state index < -0.39 is 6.61 Å². The van der Waals surface area contributed by atoms with Gasteiger partial charge in [-0.1, -0.05) is 12.6 Å². The molecule has 0 unspecified atom stereocenters. The molecule has 0 aromatic heterocycles.